The van der Waals surface area contributed by atoms with Crippen molar-refractivity contribution in [2.45, 2.75) is 60.8 Å². The fraction of sp³-hybridized carbons (Fsp3) is 1.00. The lowest BCUT2D eigenvalue weighted by Crippen LogP contribution is -1.65. The minimum Gasteiger partial charge on any atom is -0.325 e. The molecular formula is C9H30O6P2S2. The highest BCUT2D eigenvalue weighted by molar-refractivity contribution is 8.06. The van der Waals surface area contributed by atoms with Crippen molar-refractivity contribution >= 4 is 37.1 Å². The lowest BCUT2D eigenvalue weighted by atomic mass is 10.6. The van der Waals surface area contributed by atoms with Gasteiger partial charge in [0.1, 0.15) is 0 Å². The van der Waals surface area contributed by atoms with Crippen molar-refractivity contribution in [1.29, 1.82) is 0 Å². The summed E-state index contributed by atoms with van der Waals surface area (Å²) in [6.45, 7) is 5.14. The summed E-state index contributed by atoms with van der Waals surface area (Å²) in [6.07, 6.45) is 3.75. The van der Waals surface area contributed by atoms with Crippen LogP contribution in [0.1, 0.15) is 60.8 Å². The molecule has 0 amide bonds. The van der Waals surface area contributed by atoms with Gasteiger partial charge in [-0.3, -0.25) is 0 Å². The zero-order valence-corrected chi connectivity index (χ0v) is 15.9. The summed E-state index contributed by atoms with van der Waals surface area (Å²) in [4.78, 5) is 45.3. The Labute approximate surface area is 127 Å². The van der Waals surface area contributed by atoms with E-state index in [2.05, 4.69) is 65.2 Å². The van der Waals surface area contributed by atoms with Crippen molar-refractivity contribution in [1.82, 2.24) is 0 Å². The molecule has 0 fully saturated rings. The minimum absolute atomic E-state index is 1.25. The van der Waals surface area contributed by atoms with E-state index in [0.717, 1.165) is 0 Å². The second-order valence-corrected chi connectivity index (χ2v) is 8.14. The van der Waals surface area contributed by atoms with E-state index in [1.54, 1.807) is 0 Å². The summed E-state index contributed by atoms with van der Waals surface area (Å²) in [5.41, 5.74) is 0. The molecule has 0 radical (unpaired) electrons. The Morgan fingerprint density at radius 2 is 0.526 bits per heavy atom. The van der Waals surface area contributed by atoms with Crippen LogP contribution in [-0.2, 0) is 23.6 Å². The predicted molar refractivity (Wildman–Crippen MR) is 89.8 cm³/mol. The Morgan fingerprint density at radius 3 is 0.526 bits per heavy atom. The van der Waals surface area contributed by atoms with Gasteiger partial charge < -0.3 is 29.4 Å². The molecule has 0 aliphatic heterocycles. The van der Waals surface area contributed by atoms with Crippen LogP contribution in [0.5, 0.6) is 0 Å². The third kappa shape index (κ3) is 4940. The van der Waals surface area contributed by atoms with Crippen molar-refractivity contribution in [2.24, 2.45) is 0 Å². The van der Waals surface area contributed by atoms with Gasteiger partial charge in [0, 0.05) is 0 Å². The minimum atomic E-state index is -3.81. The number of rotatable bonds is 0. The van der Waals surface area contributed by atoms with E-state index in [9.17, 15) is 0 Å². The van der Waals surface area contributed by atoms with Crippen LogP contribution in [0.4, 0.5) is 0 Å². The van der Waals surface area contributed by atoms with Crippen molar-refractivity contribution in [3.05, 3.63) is 0 Å². The molecule has 0 aromatic carbocycles. The van der Waals surface area contributed by atoms with Crippen LogP contribution in [0.3, 0.4) is 0 Å². The van der Waals surface area contributed by atoms with Crippen molar-refractivity contribution in [2.75, 3.05) is 0 Å². The van der Waals surface area contributed by atoms with Gasteiger partial charge in [-0.05, 0) is 23.6 Å². The first-order valence-electron chi connectivity index (χ1n) is 5.81. The molecule has 10 heteroatoms. The van der Waals surface area contributed by atoms with E-state index < -0.39 is 13.4 Å². The van der Waals surface area contributed by atoms with Gasteiger partial charge in [-0.2, -0.15) is 0 Å². The molecule has 6 nitrogen and oxygen atoms in total. The van der Waals surface area contributed by atoms with Gasteiger partial charge in [-0.25, -0.2) is 0 Å². The van der Waals surface area contributed by atoms with E-state index in [-0.39, 0.29) is 0 Å². The topological polar surface area (TPSA) is 121 Å². The molecule has 0 atom stereocenters. The third-order valence-corrected chi connectivity index (χ3v) is 0. The second-order valence-electron chi connectivity index (χ2n) is 3.15. The molecule has 0 aliphatic rings. The predicted octanol–water partition coefficient (Wildman–Crippen LogP) is 2.62. The van der Waals surface area contributed by atoms with Gasteiger partial charge in [0.15, 0.2) is 0 Å². The fourth-order valence-corrected chi connectivity index (χ4v) is 0. The van der Waals surface area contributed by atoms with Crippen LogP contribution in [0.25, 0.3) is 0 Å². The largest absolute Gasteiger partial charge is 0.325 e. The van der Waals surface area contributed by atoms with Crippen molar-refractivity contribution in [3.63, 3.8) is 0 Å². The molecule has 0 heterocycles. The fourth-order valence-electron chi connectivity index (χ4n) is 0. The molecule has 0 spiro atoms. The van der Waals surface area contributed by atoms with Gasteiger partial charge in [-0.1, -0.05) is 60.8 Å². The zero-order chi connectivity index (χ0) is 17.1. The maximum Gasteiger partial charge on any atom is 0.319 e. The molecule has 124 valence electrons. The van der Waals surface area contributed by atoms with E-state index in [1.807, 2.05) is 0 Å². The van der Waals surface area contributed by atoms with Crippen LogP contribution < -0.4 is 0 Å². The Balaban J connectivity index is -0.0000000442. The molecule has 0 aliphatic carbocycles. The maximum absolute atomic E-state index is 7.56. The molecule has 0 aromatic heterocycles. The summed E-state index contributed by atoms with van der Waals surface area (Å²) in [7, 11) is 0. The highest BCUT2D eigenvalue weighted by Gasteiger charge is 1.92. The lowest BCUT2D eigenvalue weighted by Gasteiger charge is -1.88. The quantitative estimate of drug-likeness (QED) is 0.365. The summed E-state index contributed by atoms with van der Waals surface area (Å²) in [6, 6.07) is 0. The average Bonchev–Trinajstić information content (AvgIpc) is 1.99. The molecule has 19 heavy (non-hydrogen) atoms. The van der Waals surface area contributed by atoms with Crippen molar-refractivity contribution in [3.8, 4) is 0 Å². The highest BCUT2D eigenvalue weighted by Crippen LogP contribution is 2.26. The number of hydrogen-bond acceptors (Lipinski definition) is 2. The lowest BCUT2D eigenvalue weighted by molar-refractivity contribution is 0.361. The third-order valence-electron chi connectivity index (χ3n) is 0. The van der Waals surface area contributed by atoms with E-state index in [0.29, 0.717) is 0 Å². The molecule has 0 aromatic rings. The van der Waals surface area contributed by atoms with Crippen LogP contribution in [0, 0.1) is 0 Å². The maximum atomic E-state index is 7.56. The first-order valence-corrected chi connectivity index (χ1v) is 11.1. The van der Waals surface area contributed by atoms with Crippen molar-refractivity contribution < 1.29 is 29.4 Å². The molecule has 0 saturated heterocycles. The van der Waals surface area contributed by atoms with E-state index in [4.69, 9.17) is 29.4 Å². The van der Waals surface area contributed by atoms with Gasteiger partial charge in [0.25, 0.3) is 0 Å². The van der Waals surface area contributed by atoms with Crippen LogP contribution >= 0.6 is 13.4 Å². The molecule has 0 rings (SSSR count). The first kappa shape index (κ1) is 32.1. The SMILES string of the molecule is CCC.CCC.CCC.OP(O)(O)=S.OP(O)(O)=S. The summed E-state index contributed by atoms with van der Waals surface area (Å²) >= 11 is 7.21. The molecule has 0 unspecified atom stereocenters. The van der Waals surface area contributed by atoms with Crippen LogP contribution in [-0.4, -0.2) is 29.4 Å². The zero-order valence-electron chi connectivity index (χ0n) is 12.5. The Morgan fingerprint density at radius 1 is 0.526 bits per heavy atom. The smallest absolute Gasteiger partial charge is 0.319 e. The standard InChI is InChI=1S/3C3H8.2H3O3PS/c3*1-3-2;2*1-4(2,3)5/h3*3H2,1-2H3;2*(H3,1,2,3,5). The van der Waals surface area contributed by atoms with Crippen LogP contribution in [0.15, 0.2) is 0 Å². The highest BCUT2D eigenvalue weighted by atomic mass is 32.5. The first-order chi connectivity index (χ1) is 8.24. The Bertz CT molecular complexity index is 175. The summed E-state index contributed by atoms with van der Waals surface area (Å²) < 4.78 is 0. The van der Waals surface area contributed by atoms with E-state index >= 15 is 0 Å². The number of hydrogen-bond donors (Lipinski definition) is 6. The van der Waals surface area contributed by atoms with Gasteiger partial charge in [0.05, 0.1) is 0 Å². The monoisotopic (exact) mass is 360 g/mol. The molecule has 0 bridgehead atoms. The average molecular weight is 360 g/mol. The summed E-state index contributed by atoms with van der Waals surface area (Å²) in [5, 5.41) is 0. The second kappa shape index (κ2) is 24.1. The Kier molecular flexibility index (Phi) is 40.8. The normalized spacial score (nSPS) is 9.05. The van der Waals surface area contributed by atoms with Crippen LogP contribution in [0.2, 0.25) is 0 Å². The summed E-state index contributed by atoms with van der Waals surface area (Å²) in [5.74, 6) is 0. The van der Waals surface area contributed by atoms with Gasteiger partial charge >= 0.3 is 13.4 Å². The van der Waals surface area contributed by atoms with Gasteiger partial charge in [-0.15, -0.1) is 0 Å². The molecular weight excluding hydrogens is 330 g/mol. The molecule has 0 saturated carbocycles. The van der Waals surface area contributed by atoms with Gasteiger partial charge in [0.2, 0.25) is 0 Å². The Hall–Kier alpha value is 1.06. The van der Waals surface area contributed by atoms with E-state index in [1.165, 1.54) is 19.3 Å². The molecule has 6 N–H and O–H groups in total.